The van der Waals surface area contributed by atoms with Gasteiger partial charge in [-0.15, -0.1) is 12.6 Å². The maximum Gasteiger partial charge on any atom is 0.0475 e. The molecular weight excluding hydrogens is 242 g/mol. The van der Waals surface area contributed by atoms with Crippen LogP contribution in [0, 0.1) is 0 Å². The van der Waals surface area contributed by atoms with E-state index in [1.165, 1.54) is 5.56 Å². The third-order valence-electron chi connectivity index (χ3n) is 2.73. The van der Waals surface area contributed by atoms with Crippen molar-refractivity contribution in [3.63, 3.8) is 0 Å². The number of hydrogen-bond acceptors (Lipinski definition) is 3. The molecule has 0 aliphatic heterocycles. The molecule has 0 unspecified atom stereocenters. The Morgan fingerprint density at radius 2 is 2.00 bits per heavy atom. The monoisotopic (exact) mass is 267 g/mol. The molecule has 0 heterocycles. The van der Waals surface area contributed by atoms with Gasteiger partial charge in [-0.3, -0.25) is 0 Å². The predicted molar refractivity (Wildman–Crippen MR) is 81.9 cm³/mol. The Kier molecular flexibility index (Phi) is 7.94. The van der Waals surface area contributed by atoms with Crippen LogP contribution in [0.25, 0.3) is 0 Å². The van der Waals surface area contributed by atoms with E-state index in [2.05, 4.69) is 50.0 Å². The lowest BCUT2D eigenvalue weighted by Crippen LogP contribution is -2.01. The largest absolute Gasteiger partial charge is 0.384 e. The number of hydrogen-bond donors (Lipinski definition) is 2. The lowest BCUT2D eigenvalue weighted by molar-refractivity contribution is 0.132. The number of aryl methyl sites for hydroxylation is 1. The van der Waals surface area contributed by atoms with Crippen LogP contribution in [0.5, 0.6) is 0 Å². The van der Waals surface area contributed by atoms with Gasteiger partial charge in [-0.2, -0.15) is 0 Å². The molecule has 0 aliphatic carbocycles. The summed E-state index contributed by atoms with van der Waals surface area (Å²) in [5, 5.41) is 3.37. The number of benzene rings is 1. The maximum absolute atomic E-state index is 5.48. The molecule has 18 heavy (non-hydrogen) atoms. The molecule has 0 aliphatic rings. The molecule has 0 saturated carbocycles. The Hall–Kier alpha value is -0.670. The normalized spacial score (nSPS) is 10.6. The highest BCUT2D eigenvalue weighted by Crippen LogP contribution is 2.22. The molecule has 0 fully saturated rings. The van der Waals surface area contributed by atoms with Crippen LogP contribution in [-0.2, 0) is 11.2 Å². The lowest BCUT2D eigenvalue weighted by atomic mass is 10.1. The smallest absolute Gasteiger partial charge is 0.0475 e. The minimum absolute atomic E-state index is 0.853. The zero-order valence-electron chi connectivity index (χ0n) is 11.5. The van der Waals surface area contributed by atoms with Crippen LogP contribution in [0.15, 0.2) is 23.1 Å². The second-order valence-electron chi connectivity index (χ2n) is 4.49. The third kappa shape index (κ3) is 5.78. The van der Waals surface area contributed by atoms with E-state index in [9.17, 15) is 0 Å². The summed E-state index contributed by atoms with van der Waals surface area (Å²) >= 11 is 4.53. The summed E-state index contributed by atoms with van der Waals surface area (Å²) in [5.74, 6) is 0. The molecule has 0 amide bonds. The average molecular weight is 267 g/mol. The lowest BCUT2D eigenvalue weighted by Gasteiger charge is -2.10. The van der Waals surface area contributed by atoms with Crippen molar-refractivity contribution in [1.82, 2.24) is 0 Å². The van der Waals surface area contributed by atoms with Crippen molar-refractivity contribution in [3.05, 3.63) is 23.8 Å². The van der Waals surface area contributed by atoms with Crippen LogP contribution < -0.4 is 5.32 Å². The van der Waals surface area contributed by atoms with E-state index in [-0.39, 0.29) is 0 Å². The maximum atomic E-state index is 5.48. The molecule has 0 aromatic heterocycles. The first-order chi connectivity index (χ1) is 8.77. The minimum atomic E-state index is 0.853. The Morgan fingerprint density at radius 3 is 2.67 bits per heavy atom. The fourth-order valence-corrected chi connectivity index (χ4v) is 2.09. The van der Waals surface area contributed by atoms with E-state index in [0.717, 1.165) is 56.0 Å². The van der Waals surface area contributed by atoms with Crippen LogP contribution in [0.1, 0.15) is 38.7 Å². The van der Waals surface area contributed by atoms with Gasteiger partial charge in [0, 0.05) is 30.3 Å². The van der Waals surface area contributed by atoms with Gasteiger partial charge in [-0.1, -0.05) is 19.9 Å². The second-order valence-corrected chi connectivity index (χ2v) is 4.98. The Morgan fingerprint density at radius 1 is 1.17 bits per heavy atom. The van der Waals surface area contributed by atoms with Crippen LogP contribution in [0.3, 0.4) is 0 Å². The standard InChI is InChI=1S/C15H25NOS/c1-3-9-16-14-8-7-13(12-15(14)18)6-5-11-17-10-4-2/h7-8,12,16,18H,3-6,9-11H2,1-2H3. The van der Waals surface area contributed by atoms with Crippen LogP contribution in [0.4, 0.5) is 5.69 Å². The molecule has 0 bridgehead atoms. The van der Waals surface area contributed by atoms with Crippen molar-refractivity contribution in [3.8, 4) is 0 Å². The number of nitrogens with one attached hydrogen (secondary N) is 1. The molecule has 0 atom stereocenters. The molecule has 1 rings (SSSR count). The van der Waals surface area contributed by atoms with E-state index >= 15 is 0 Å². The summed E-state index contributed by atoms with van der Waals surface area (Å²) in [6, 6.07) is 6.46. The number of anilines is 1. The molecule has 2 nitrogen and oxygen atoms in total. The fraction of sp³-hybridized carbons (Fsp3) is 0.600. The van der Waals surface area contributed by atoms with E-state index in [0.29, 0.717) is 0 Å². The molecular formula is C15H25NOS. The van der Waals surface area contributed by atoms with Crippen molar-refractivity contribution in [2.45, 2.75) is 44.4 Å². The second kappa shape index (κ2) is 9.29. The van der Waals surface area contributed by atoms with Crippen LogP contribution in [0.2, 0.25) is 0 Å². The number of rotatable bonds is 9. The van der Waals surface area contributed by atoms with Gasteiger partial charge >= 0.3 is 0 Å². The van der Waals surface area contributed by atoms with Crippen LogP contribution >= 0.6 is 12.6 Å². The van der Waals surface area contributed by atoms with Gasteiger partial charge in [-0.25, -0.2) is 0 Å². The molecule has 1 aromatic carbocycles. The summed E-state index contributed by atoms with van der Waals surface area (Å²) < 4.78 is 5.48. The Bertz CT molecular complexity index is 341. The average Bonchev–Trinajstić information content (AvgIpc) is 2.37. The highest BCUT2D eigenvalue weighted by atomic mass is 32.1. The first kappa shape index (κ1) is 15.4. The summed E-state index contributed by atoms with van der Waals surface area (Å²) in [7, 11) is 0. The van der Waals surface area contributed by atoms with Gasteiger partial charge in [0.25, 0.3) is 0 Å². The van der Waals surface area contributed by atoms with Crippen molar-refractivity contribution in [2.24, 2.45) is 0 Å². The highest BCUT2D eigenvalue weighted by Gasteiger charge is 2.00. The molecule has 0 saturated heterocycles. The van der Waals surface area contributed by atoms with Gasteiger partial charge in [0.15, 0.2) is 0 Å². The van der Waals surface area contributed by atoms with E-state index in [1.54, 1.807) is 0 Å². The van der Waals surface area contributed by atoms with Gasteiger partial charge < -0.3 is 10.1 Å². The van der Waals surface area contributed by atoms with E-state index < -0.39 is 0 Å². The van der Waals surface area contributed by atoms with E-state index in [1.807, 2.05) is 0 Å². The molecule has 1 aromatic rings. The van der Waals surface area contributed by atoms with Crippen LogP contribution in [-0.4, -0.2) is 19.8 Å². The Balaban J connectivity index is 2.36. The molecule has 102 valence electrons. The first-order valence-corrected chi connectivity index (χ1v) is 7.36. The van der Waals surface area contributed by atoms with Crippen molar-refractivity contribution >= 4 is 18.3 Å². The van der Waals surface area contributed by atoms with Crippen molar-refractivity contribution in [2.75, 3.05) is 25.1 Å². The third-order valence-corrected chi connectivity index (χ3v) is 3.10. The van der Waals surface area contributed by atoms with Crippen molar-refractivity contribution in [1.29, 1.82) is 0 Å². The summed E-state index contributed by atoms with van der Waals surface area (Å²) in [5.41, 5.74) is 2.47. The predicted octanol–water partition coefficient (Wildman–Crippen LogP) is 4.16. The number of thiol groups is 1. The first-order valence-electron chi connectivity index (χ1n) is 6.91. The van der Waals surface area contributed by atoms with Gasteiger partial charge in [0.1, 0.15) is 0 Å². The van der Waals surface area contributed by atoms with Gasteiger partial charge in [0.2, 0.25) is 0 Å². The van der Waals surface area contributed by atoms with Gasteiger partial charge in [-0.05, 0) is 43.4 Å². The minimum Gasteiger partial charge on any atom is -0.384 e. The molecule has 0 spiro atoms. The number of ether oxygens (including phenoxy) is 1. The molecule has 0 radical (unpaired) electrons. The highest BCUT2D eigenvalue weighted by molar-refractivity contribution is 7.80. The van der Waals surface area contributed by atoms with E-state index in [4.69, 9.17) is 4.74 Å². The van der Waals surface area contributed by atoms with Gasteiger partial charge in [0.05, 0.1) is 0 Å². The SMILES string of the molecule is CCCNc1ccc(CCCOCCC)cc1S. The fourth-order valence-electron chi connectivity index (χ4n) is 1.77. The Labute approximate surface area is 117 Å². The summed E-state index contributed by atoms with van der Waals surface area (Å²) in [6.45, 7) is 7.02. The zero-order chi connectivity index (χ0) is 13.2. The molecule has 1 N–H and O–H groups in total. The molecule has 3 heteroatoms. The summed E-state index contributed by atoms with van der Waals surface area (Å²) in [6.07, 6.45) is 4.36. The topological polar surface area (TPSA) is 21.3 Å². The zero-order valence-corrected chi connectivity index (χ0v) is 12.4. The summed E-state index contributed by atoms with van der Waals surface area (Å²) in [4.78, 5) is 1.04. The quantitative estimate of drug-likeness (QED) is 0.518. The van der Waals surface area contributed by atoms with Crippen molar-refractivity contribution < 1.29 is 4.74 Å².